The molecule has 0 aliphatic heterocycles. The van der Waals surface area contributed by atoms with Gasteiger partial charge in [0.1, 0.15) is 0 Å². The van der Waals surface area contributed by atoms with Crippen LogP contribution in [0.4, 0.5) is 13.2 Å². The highest BCUT2D eigenvalue weighted by Gasteiger charge is 2.31. The number of rotatable bonds is 4. The Labute approximate surface area is 204 Å². The number of aryl methyl sites for hydroxylation is 1. The molecule has 0 bridgehead atoms. The number of benzene rings is 3. The van der Waals surface area contributed by atoms with Gasteiger partial charge in [0.15, 0.2) is 5.82 Å². The summed E-state index contributed by atoms with van der Waals surface area (Å²) < 4.78 is 43.3. The summed E-state index contributed by atoms with van der Waals surface area (Å²) in [5.74, 6) is 0.0258. The Morgan fingerprint density at radius 2 is 1.61 bits per heavy atom. The van der Waals surface area contributed by atoms with Gasteiger partial charge >= 0.3 is 6.18 Å². The summed E-state index contributed by atoms with van der Waals surface area (Å²) in [6, 6.07) is 23.2. The van der Waals surface area contributed by atoms with E-state index in [4.69, 9.17) is 0 Å². The van der Waals surface area contributed by atoms with Crippen LogP contribution in [-0.4, -0.2) is 20.4 Å². The second-order valence-corrected chi connectivity index (χ2v) is 8.39. The van der Waals surface area contributed by atoms with Crippen LogP contribution in [0.15, 0.2) is 94.8 Å². The zero-order valence-corrected chi connectivity index (χ0v) is 19.5. The summed E-state index contributed by atoms with van der Waals surface area (Å²) in [5, 5.41) is 4.74. The number of fused-ring (bicyclic) bond motifs is 1. The third-order valence-electron chi connectivity index (χ3n) is 6.00. The summed E-state index contributed by atoms with van der Waals surface area (Å²) in [4.78, 5) is 17.9. The number of alkyl halides is 3. The maximum atomic E-state index is 13.4. The maximum Gasteiger partial charge on any atom is 0.416 e. The van der Waals surface area contributed by atoms with Gasteiger partial charge in [0, 0.05) is 28.2 Å². The third-order valence-corrected chi connectivity index (χ3v) is 6.00. The Balaban J connectivity index is 1.68. The van der Waals surface area contributed by atoms with Gasteiger partial charge in [-0.2, -0.15) is 22.9 Å². The molecule has 5 aromatic rings. The standard InChI is InChI=1S/C28H21F3N4O/c1-18-15-21(19(2)34(18)23-11-4-3-5-12-23)17-32-35-26(20-9-8-10-22(16-20)28(29,30)31)33-25-14-7-6-13-24(25)27(35)36/h3-17H,1-2H3. The lowest BCUT2D eigenvalue weighted by Gasteiger charge is -2.12. The minimum atomic E-state index is -4.53. The lowest BCUT2D eigenvalue weighted by atomic mass is 10.1. The predicted molar refractivity (Wildman–Crippen MR) is 135 cm³/mol. The van der Waals surface area contributed by atoms with Crippen LogP contribution in [-0.2, 0) is 6.18 Å². The van der Waals surface area contributed by atoms with Crippen molar-refractivity contribution in [3.8, 4) is 17.1 Å². The monoisotopic (exact) mass is 486 g/mol. The highest BCUT2D eigenvalue weighted by molar-refractivity contribution is 5.83. The molecule has 0 atom stereocenters. The second-order valence-electron chi connectivity index (χ2n) is 8.39. The van der Waals surface area contributed by atoms with Crippen molar-refractivity contribution >= 4 is 17.1 Å². The Morgan fingerprint density at radius 1 is 0.889 bits per heavy atom. The summed E-state index contributed by atoms with van der Waals surface area (Å²) in [6.45, 7) is 3.91. The molecule has 0 saturated heterocycles. The highest BCUT2D eigenvalue weighted by atomic mass is 19.4. The topological polar surface area (TPSA) is 52.2 Å². The van der Waals surface area contributed by atoms with E-state index < -0.39 is 17.3 Å². The highest BCUT2D eigenvalue weighted by Crippen LogP contribution is 2.32. The molecule has 5 rings (SSSR count). The van der Waals surface area contributed by atoms with Crippen LogP contribution in [0, 0.1) is 13.8 Å². The smallest absolute Gasteiger partial charge is 0.318 e. The van der Waals surface area contributed by atoms with Crippen LogP contribution in [0.25, 0.3) is 28.0 Å². The van der Waals surface area contributed by atoms with Gasteiger partial charge in [0.2, 0.25) is 0 Å². The molecule has 8 heteroatoms. The maximum absolute atomic E-state index is 13.4. The summed E-state index contributed by atoms with van der Waals surface area (Å²) in [6.07, 6.45) is -2.99. The Bertz CT molecular complexity index is 1660. The number of halogens is 3. The van der Waals surface area contributed by atoms with E-state index in [-0.39, 0.29) is 11.4 Å². The fourth-order valence-electron chi connectivity index (χ4n) is 4.26. The molecule has 0 radical (unpaired) electrons. The van der Waals surface area contributed by atoms with Gasteiger partial charge in [-0.3, -0.25) is 4.79 Å². The number of nitrogens with zero attached hydrogens (tertiary/aromatic N) is 4. The van der Waals surface area contributed by atoms with E-state index in [2.05, 4.69) is 14.7 Å². The van der Waals surface area contributed by atoms with Crippen molar-refractivity contribution in [1.82, 2.24) is 14.2 Å². The van der Waals surface area contributed by atoms with Crippen molar-refractivity contribution in [3.63, 3.8) is 0 Å². The summed E-state index contributed by atoms with van der Waals surface area (Å²) >= 11 is 0. The molecule has 0 unspecified atom stereocenters. The lowest BCUT2D eigenvalue weighted by Crippen LogP contribution is -2.20. The molecule has 2 aromatic heterocycles. The third kappa shape index (κ3) is 4.22. The number of para-hydroxylation sites is 2. The van der Waals surface area contributed by atoms with Crippen molar-refractivity contribution in [2.75, 3.05) is 0 Å². The SMILES string of the molecule is Cc1cc(C=Nn2c(-c3cccc(C(F)(F)F)c3)nc3ccccc3c2=O)c(C)n1-c1ccccc1. The van der Waals surface area contributed by atoms with Crippen LogP contribution in [0.5, 0.6) is 0 Å². The van der Waals surface area contributed by atoms with Crippen molar-refractivity contribution in [2.24, 2.45) is 5.10 Å². The number of hydrogen-bond acceptors (Lipinski definition) is 3. The van der Waals surface area contributed by atoms with Crippen LogP contribution in [0.2, 0.25) is 0 Å². The largest absolute Gasteiger partial charge is 0.416 e. The molecule has 0 saturated carbocycles. The average molecular weight is 486 g/mol. The fourth-order valence-corrected chi connectivity index (χ4v) is 4.26. The molecule has 0 spiro atoms. The van der Waals surface area contributed by atoms with E-state index in [0.717, 1.165) is 39.4 Å². The van der Waals surface area contributed by atoms with E-state index in [1.54, 1.807) is 24.3 Å². The average Bonchev–Trinajstić information content (AvgIpc) is 3.16. The molecule has 3 aromatic carbocycles. The molecule has 0 aliphatic carbocycles. The quantitative estimate of drug-likeness (QED) is 0.277. The molecular formula is C28H21F3N4O. The molecule has 2 heterocycles. The molecular weight excluding hydrogens is 465 g/mol. The van der Waals surface area contributed by atoms with Gasteiger partial charge in [0.05, 0.1) is 22.7 Å². The molecule has 0 N–H and O–H groups in total. The van der Waals surface area contributed by atoms with E-state index >= 15 is 0 Å². The van der Waals surface area contributed by atoms with Crippen LogP contribution in [0.1, 0.15) is 22.5 Å². The van der Waals surface area contributed by atoms with Gasteiger partial charge in [-0.1, -0.05) is 42.5 Å². The van der Waals surface area contributed by atoms with Gasteiger partial charge in [-0.05, 0) is 56.3 Å². The predicted octanol–water partition coefficient (Wildman–Crippen LogP) is 6.37. The van der Waals surface area contributed by atoms with Crippen molar-refractivity contribution in [3.05, 3.63) is 118 Å². The molecule has 0 amide bonds. The van der Waals surface area contributed by atoms with Gasteiger partial charge in [-0.15, -0.1) is 0 Å². The van der Waals surface area contributed by atoms with E-state index in [9.17, 15) is 18.0 Å². The second kappa shape index (κ2) is 8.96. The van der Waals surface area contributed by atoms with E-state index in [0.29, 0.717) is 10.9 Å². The molecule has 5 nitrogen and oxygen atoms in total. The Kier molecular flexibility index (Phi) is 5.80. The van der Waals surface area contributed by atoms with Gasteiger partial charge in [0.25, 0.3) is 5.56 Å². The van der Waals surface area contributed by atoms with Gasteiger partial charge < -0.3 is 4.57 Å². The molecule has 0 fully saturated rings. The van der Waals surface area contributed by atoms with Gasteiger partial charge in [-0.25, -0.2) is 4.98 Å². The molecule has 36 heavy (non-hydrogen) atoms. The first kappa shape index (κ1) is 23.3. The minimum absolute atomic E-state index is 0.0258. The fraction of sp³-hybridized carbons (Fsp3) is 0.107. The molecule has 180 valence electrons. The first-order valence-corrected chi connectivity index (χ1v) is 11.2. The Morgan fingerprint density at radius 3 is 2.36 bits per heavy atom. The number of hydrogen-bond donors (Lipinski definition) is 0. The first-order valence-electron chi connectivity index (χ1n) is 11.2. The van der Waals surface area contributed by atoms with E-state index in [1.807, 2.05) is 50.2 Å². The van der Waals surface area contributed by atoms with Crippen molar-refractivity contribution in [1.29, 1.82) is 0 Å². The normalized spacial score (nSPS) is 12.0. The first-order chi connectivity index (χ1) is 17.2. The van der Waals surface area contributed by atoms with Crippen LogP contribution >= 0.6 is 0 Å². The number of aromatic nitrogens is 3. The zero-order chi connectivity index (χ0) is 25.4. The summed E-state index contributed by atoms with van der Waals surface area (Å²) in [5.41, 5.74) is 2.86. The Hall–Kier alpha value is -4.46. The molecule has 0 aliphatic rings. The van der Waals surface area contributed by atoms with E-state index in [1.165, 1.54) is 18.3 Å². The van der Waals surface area contributed by atoms with Crippen LogP contribution in [0.3, 0.4) is 0 Å². The van der Waals surface area contributed by atoms with Crippen LogP contribution < -0.4 is 5.56 Å². The van der Waals surface area contributed by atoms with Crippen molar-refractivity contribution in [2.45, 2.75) is 20.0 Å². The summed E-state index contributed by atoms with van der Waals surface area (Å²) in [7, 11) is 0. The zero-order valence-electron chi connectivity index (χ0n) is 19.5. The minimum Gasteiger partial charge on any atom is -0.318 e. The van der Waals surface area contributed by atoms with Crippen molar-refractivity contribution < 1.29 is 13.2 Å². The lowest BCUT2D eigenvalue weighted by molar-refractivity contribution is -0.137.